The second kappa shape index (κ2) is 6.17. The van der Waals surface area contributed by atoms with Crippen LogP contribution in [-0.2, 0) is 10.0 Å². The summed E-state index contributed by atoms with van der Waals surface area (Å²) in [6, 6.07) is 3.86. The zero-order chi connectivity index (χ0) is 13.3. The maximum absolute atomic E-state index is 13.6. The molecule has 1 aliphatic carbocycles. The van der Waals surface area contributed by atoms with E-state index < -0.39 is 15.8 Å². The van der Waals surface area contributed by atoms with Crippen LogP contribution in [0, 0.1) is 18.7 Å². The van der Waals surface area contributed by atoms with Crippen LogP contribution < -0.4 is 10.5 Å². The molecular weight excluding hydrogens is 291 g/mol. The van der Waals surface area contributed by atoms with Crippen LogP contribution in [0.15, 0.2) is 23.1 Å². The molecule has 1 atom stereocenters. The molecule has 1 aromatic rings. The first kappa shape index (κ1) is 16.4. The van der Waals surface area contributed by atoms with E-state index in [-0.39, 0.29) is 29.9 Å². The molecular formula is C12H18ClFN2O2S. The molecule has 0 heterocycles. The summed E-state index contributed by atoms with van der Waals surface area (Å²) >= 11 is 0. The smallest absolute Gasteiger partial charge is 0.243 e. The van der Waals surface area contributed by atoms with Gasteiger partial charge in [0.25, 0.3) is 0 Å². The number of aryl methyl sites for hydroxylation is 1. The number of halogens is 2. The molecule has 1 aliphatic rings. The third kappa shape index (κ3) is 4.14. The molecule has 2 rings (SSSR count). The lowest BCUT2D eigenvalue weighted by Crippen LogP contribution is -2.38. The fraction of sp³-hybridized carbons (Fsp3) is 0.500. The largest absolute Gasteiger partial charge is 0.326 e. The summed E-state index contributed by atoms with van der Waals surface area (Å²) in [4.78, 5) is -0.323. The van der Waals surface area contributed by atoms with Gasteiger partial charge < -0.3 is 5.73 Å². The highest BCUT2D eigenvalue weighted by molar-refractivity contribution is 7.89. The summed E-state index contributed by atoms with van der Waals surface area (Å²) in [5.74, 6) is -0.335. The standard InChI is InChI=1S/C12H17FN2O2S.ClH/c1-8-2-5-12(10(13)6-8)18(16,17)15-7-11(14)9-3-4-9;/h2,5-6,9,11,15H,3-4,7,14H2,1H3;1H. The van der Waals surface area contributed by atoms with E-state index in [1.165, 1.54) is 12.1 Å². The van der Waals surface area contributed by atoms with E-state index in [0.29, 0.717) is 11.5 Å². The summed E-state index contributed by atoms with van der Waals surface area (Å²) in [6.45, 7) is 1.86. The lowest BCUT2D eigenvalue weighted by atomic mass is 10.2. The van der Waals surface area contributed by atoms with Gasteiger partial charge in [-0.15, -0.1) is 12.4 Å². The van der Waals surface area contributed by atoms with Gasteiger partial charge in [-0.05, 0) is 43.4 Å². The maximum Gasteiger partial charge on any atom is 0.243 e. The van der Waals surface area contributed by atoms with Crippen molar-refractivity contribution in [2.75, 3.05) is 6.54 Å². The molecule has 108 valence electrons. The first-order valence-corrected chi connectivity index (χ1v) is 7.40. The Morgan fingerprint density at radius 2 is 2.11 bits per heavy atom. The van der Waals surface area contributed by atoms with Crippen LogP contribution in [-0.4, -0.2) is 21.0 Å². The highest BCUT2D eigenvalue weighted by Crippen LogP contribution is 2.31. The van der Waals surface area contributed by atoms with Gasteiger partial charge in [0, 0.05) is 12.6 Å². The molecule has 0 radical (unpaired) electrons. The molecule has 0 aliphatic heterocycles. The second-order valence-corrected chi connectivity index (χ2v) is 6.52. The molecule has 1 aromatic carbocycles. The topological polar surface area (TPSA) is 72.2 Å². The SMILES string of the molecule is Cc1ccc(S(=O)(=O)NCC(N)C2CC2)c(F)c1.Cl. The van der Waals surface area contributed by atoms with Crippen molar-refractivity contribution < 1.29 is 12.8 Å². The number of benzene rings is 1. The van der Waals surface area contributed by atoms with Crippen LogP contribution in [0.1, 0.15) is 18.4 Å². The van der Waals surface area contributed by atoms with Gasteiger partial charge in [0.1, 0.15) is 10.7 Å². The Morgan fingerprint density at radius 1 is 1.47 bits per heavy atom. The Balaban J connectivity index is 0.00000180. The average molecular weight is 309 g/mol. The Bertz CT molecular complexity index is 547. The normalized spacial score (nSPS) is 16.8. The molecule has 0 spiro atoms. The minimum absolute atomic E-state index is 0. The Kier molecular flexibility index (Phi) is 5.32. The van der Waals surface area contributed by atoms with Crippen molar-refractivity contribution in [3.05, 3.63) is 29.6 Å². The monoisotopic (exact) mass is 308 g/mol. The van der Waals surface area contributed by atoms with Gasteiger partial charge in [-0.1, -0.05) is 6.07 Å². The van der Waals surface area contributed by atoms with Gasteiger partial charge in [0.15, 0.2) is 0 Å². The van der Waals surface area contributed by atoms with Crippen LogP contribution >= 0.6 is 12.4 Å². The zero-order valence-corrected chi connectivity index (χ0v) is 12.2. The van der Waals surface area contributed by atoms with Crippen molar-refractivity contribution in [1.29, 1.82) is 0 Å². The minimum atomic E-state index is -3.81. The summed E-state index contributed by atoms with van der Waals surface area (Å²) < 4.78 is 39.8. The summed E-state index contributed by atoms with van der Waals surface area (Å²) in [7, 11) is -3.81. The molecule has 0 amide bonds. The van der Waals surface area contributed by atoms with Crippen molar-refractivity contribution in [3.8, 4) is 0 Å². The average Bonchev–Trinajstić information content (AvgIpc) is 3.09. The zero-order valence-electron chi connectivity index (χ0n) is 10.6. The predicted octanol–water partition coefficient (Wildman–Crippen LogP) is 1.57. The van der Waals surface area contributed by atoms with Crippen molar-refractivity contribution >= 4 is 22.4 Å². The summed E-state index contributed by atoms with van der Waals surface area (Å²) in [5.41, 5.74) is 6.49. The van der Waals surface area contributed by atoms with Gasteiger partial charge in [-0.3, -0.25) is 0 Å². The Morgan fingerprint density at radius 3 is 2.63 bits per heavy atom. The van der Waals surface area contributed by atoms with Gasteiger partial charge >= 0.3 is 0 Å². The van der Waals surface area contributed by atoms with Gasteiger partial charge in [-0.25, -0.2) is 17.5 Å². The number of sulfonamides is 1. The van der Waals surface area contributed by atoms with Crippen molar-refractivity contribution in [3.63, 3.8) is 0 Å². The Hall–Kier alpha value is -0.690. The van der Waals surface area contributed by atoms with Crippen LogP contribution in [0.3, 0.4) is 0 Å². The maximum atomic E-state index is 13.6. The molecule has 19 heavy (non-hydrogen) atoms. The van der Waals surface area contributed by atoms with E-state index in [0.717, 1.165) is 12.8 Å². The van der Waals surface area contributed by atoms with E-state index in [1.807, 2.05) is 0 Å². The lowest BCUT2D eigenvalue weighted by molar-refractivity contribution is 0.536. The molecule has 0 aromatic heterocycles. The van der Waals surface area contributed by atoms with E-state index >= 15 is 0 Å². The van der Waals surface area contributed by atoms with E-state index in [2.05, 4.69) is 4.72 Å². The van der Waals surface area contributed by atoms with Crippen LogP contribution in [0.5, 0.6) is 0 Å². The molecule has 1 fully saturated rings. The van der Waals surface area contributed by atoms with Crippen LogP contribution in [0.4, 0.5) is 4.39 Å². The van der Waals surface area contributed by atoms with Gasteiger partial charge in [0.05, 0.1) is 0 Å². The molecule has 0 bridgehead atoms. The van der Waals surface area contributed by atoms with E-state index in [1.54, 1.807) is 13.0 Å². The second-order valence-electron chi connectivity index (χ2n) is 4.79. The molecule has 7 heteroatoms. The lowest BCUT2D eigenvalue weighted by Gasteiger charge is -2.12. The highest BCUT2D eigenvalue weighted by Gasteiger charge is 2.29. The third-order valence-electron chi connectivity index (χ3n) is 3.11. The third-order valence-corrected chi connectivity index (χ3v) is 4.57. The molecule has 3 N–H and O–H groups in total. The molecule has 1 unspecified atom stereocenters. The Labute approximate surface area is 119 Å². The number of rotatable bonds is 5. The van der Waals surface area contributed by atoms with E-state index in [4.69, 9.17) is 5.73 Å². The van der Waals surface area contributed by atoms with Crippen molar-refractivity contribution in [2.45, 2.75) is 30.7 Å². The van der Waals surface area contributed by atoms with Gasteiger partial charge in [-0.2, -0.15) is 0 Å². The van der Waals surface area contributed by atoms with Gasteiger partial charge in [0.2, 0.25) is 10.0 Å². The number of hydrogen-bond donors (Lipinski definition) is 2. The first-order valence-electron chi connectivity index (χ1n) is 5.91. The quantitative estimate of drug-likeness (QED) is 0.867. The van der Waals surface area contributed by atoms with Crippen molar-refractivity contribution in [1.82, 2.24) is 4.72 Å². The summed E-state index contributed by atoms with van der Waals surface area (Å²) in [6.07, 6.45) is 2.09. The fourth-order valence-corrected chi connectivity index (χ4v) is 2.93. The van der Waals surface area contributed by atoms with E-state index in [9.17, 15) is 12.8 Å². The summed E-state index contributed by atoms with van der Waals surface area (Å²) in [5, 5.41) is 0. The predicted molar refractivity (Wildman–Crippen MR) is 74.3 cm³/mol. The first-order chi connectivity index (χ1) is 8.40. The molecule has 1 saturated carbocycles. The number of nitrogens with one attached hydrogen (secondary N) is 1. The van der Waals surface area contributed by atoms with Crippen molar-refractivity contribution in [2.24, 2.45) is 11.7 Å². The fourth-order valence-electron chi connectivity index (χ4n) is 1.80. The molecule has 0 saturated heterocycles. The number of nitrogens with two attached hydrogens (primary N) is 1. The molecule has 4 nitrogen and oxygen atoms in total. The van der Waals surface area contributed by atoms with Crippen LogP contribution in [0.25, 0.3) is 0 Å². The minimum Gasteiger partial charge on any atom is -0.326 e. The van der Waals surface area contributed by atoms with Crippen LogP contribution in [0.2, 0.25) is 0 Å². The number of hydrogen-bond acceptors (Lipinski definition) is 3. The highest BCUT2D eigenvalue weighted by atomic mass is 35.5.